The van der Waals surface area contributed by atoms with Crippen LogP contribution in [0.5, 0.6) is 0 Å². The van der Waals surface area contributed by atoms with Gasteiger partial charge in [-0.25, -0.2) is 4.98 Å². The van der Waals surface area contributed by atoms with E-state index < -0.39 is 0 Å². The van der Waals surface area contributed by atoms with Crippen molar-refractivity contribution in [1.29, 1.82) is 0 Å². The van der Waals surface area contributed by atoms with Crippen molar-refractivity contribution in [2.75, 3.05) is 0 Å². The number of pyridine rings is 1. The van der Waals surface area contributed by atoms with Gasteiger partial charge in [0.25, 0.3) is 5.91 Å². The molecule has 0 atom stereocenters. The van der Waals surface area contributed by atoms with E-state index in [4.69, 9.17) is 11.6 Å². The van der Waals surface area contributed by atoms with E-state index in [2.05, 4.69) is 10.3 Å². The molecule has 3 rings (SSSR count). The first kappa shape index (κ1) is 10.5. The van der Waals surface area contributed by atoms with Gasteiger partial charge in [-0.3, -0.25) is 4.79 Å². The Balaban J connectivity index is 2.02. The van der Waals surface area contributed by atoms with Gasteiger partial charge in [-0.2, -0.15) is 0 Å². The SMILES string of the molecule is O=C(NC1CC1)c1cc2ccccc2c(Cl)n1. The van der Waals surface area contributed by atoms with Crippen LogP contribution in [0.1, 0.15) is 23.3 Å². The lowest BCUT2D eigenvalue weighted by atomic mass is 10.1. The Kier molecular flexibility index (Phi) is 2.48. The summed E-state index contributed by atoms with van der Waals surface area (Å²) >= 11 is 6.07. The van der Waals surface area contributed by atoms with Gasteiger partial charge in [-0.05, 0) is 24.3 Å². The van der Waals surface area contributed by atoms with Crippen LogP contribution in [0.2, 0.25) is 5.15 Å². The zero-order valence-electron chi connectivity index (χ0n) is 9.11. The van der Waals surface area contributed by atoms with Crippen LogP contribution < -0.4 is 5.32 Å². The van der Waals surface area contributed by atoms with Crippen LogP contribution in [-0.4, -0.2) is 16.9 Å². The Morgan fingerprint density at radius 2 is 2.12 bits per heavy atom. The van der Waals surface area contributed by atoms with Crippen molar-refractivity contribution < 1.29 is 4.79 Å². The van der Waals surface area contributed by atoms with Crippen molar-refractivity contribution in [3.05, 3.63) is 41.2 Å². The van der Waals surface area contributed by atoms with Gasteiger partial charge >= 0.3 is 0 Å². The molecule has 2 aromatic rings. The van der Waals surface area contributed by atoms with E-state index in [1.54, 1.807) is 6.07 Å². The number of carbonyl (C=O) groups is 1. The minimum atomic E-state index is -0.139. The highest BCUT2D eigenvalue weighted by Gasteiger charge is 2.24. The molecular formula is C13H11ClN2O. The van der Waals surface area contributed by atoms with E-state index in [1.165, 1.54) is 0 Å². The molecule has 0 spiro atoms. The number of hydrogen-bond donors (Lipinski definition) is 1. The predicted molar refractivity (Wildman–Crippen MR) is 67.2 cm³/mol. The van der Waals surface area contributed by atoms with Gasteiger partial charge in [0.1, 0.15) is 10.8 Å². The molecule has 1 aromatic heterocycles. The third kappa shape index (κ3) is 2.11. The topological polar surface area (TPSA) is 42.0 Å². The second kappa shape index (κ2) is 4.00. The van der Waals surface area contributed by atoms with Crippen molar-refractivity contribution in [2.24, 2.45) is 0 Å². The first-order chi connectivity index (χ1) is 8.24. The summed E-state index contributed by atoms with van der Waals surface area (Å²) in [7, 11) is 0. The summed E-state index contributed by atoms with van der Waals surface area (Å²) in [6.45, 7) is 0. The number of amides is 1. The Labute approximate surface area is 104 Å². The number of halogens is 1. The van der Waals surface area contributed by atoms with Crippen LogP contribution in [0.15, 0.2) is 30.3 Å². The first-order valence-electron chi connectivity index (χ1n) is 5.60. The fourth-order valence-electron chi connectivity index (χ4n) is 1.76. The molecule has 1 saturated carbocycles. The zero-order valence-corrected chi connectivity index (χ0v) is 9.87. The molecule has 0 unspecified atom stereocenters. The van der Waals surface area contributed by atoms with Crippen molar-refractivity contribution in [2.45, 2.75) is 18.9 Å². The Morgan fingerprint density at radius 3 is 2.88 bits per heavy atom. The molecule has 1 N–H and O–H groups in total. The summed E-state index contributed by atoms with van der Waals surface area (Å²) in [6, 6.07) is 9.75. The minimum absolute atomic E-state index is 0.139. The number of carbonyl (C=O) groups excluding carboxylic acids is 1. The Bertz CT molecular complexity index is 593. The number of nitrogens with one attached hydrogen (secondary N) is 1. The maximum Gasteiger partial charge on any atom is 0.270 e. The van der Waals surface area contributed by atoms with Gasteiger partial charge < -0.3 is 5.32 Å². The number of benzene rings is 1. The standard InChI is InChI=1S/C13H11ClN2O/c14-12-10-4-2-1-3-8(10)7-11(16-12)13(17)15-9-5-6-9/h1-4,7,9H,5-6H2,(H,15,17). The molecule has 86 valence electrons. The average Bonchev–Trinajstić information content (AvgIpc) is 3.13. The van der Waals surface area contributed by atoms with Gasteiger partial charge in [0, 0.05) is 11.4 Å². The minimum Gasteiger partial charge on any atom is -0.348 e. The molecule has 0 saturated heterocycles. The van der Waals surface area contributed by atoms with E-state index in [1.807, 2.05) is 24.3 Å². The van der Waals surface area contributed by atoms with Crippen LogP contribution >= 0.6 is 11.6 Å². The van der Waals surface area contributed by atoms with E-state index in [0.717, 1.165) is 23.6 Å². The fourth-order valence-corrected chi connectivity index (χ4v) is 2.02. The summed E-state index contributed by atoms with van der Waals surface area (Å²) in [5, 5.41) is 5.09. The van der Waals surface area contributed by atoms with Gasteiger partial charge in [0.15, 0.2) is 0 Å². The number of rotatable bonds is 2. The van der Waals surface area contributed by atoms with Crippen molar-refractivity contribution in [1.82, 2.24) is 10.3 Å². The zero-order chi connectivity index (χ0) is 11.8. The van der Waals surface area contributed by atoms with E-state index in [-0.39, 0.29) is 5.91 Å². The van der Waals surface area contributed by atoms with Crippen molar-refractivity contribution in [3.8, 4) is 0 Å². The highest BCUT2D eigenvalue weighted by atomic mass is 35.5. The molecule has 17 heavy (non-hydrogen) atoms. The number of aromatic nitrogens is 1. The van der Waals surface area contributed by atoms with Crippen LogP contribution in [0.25, 0.3) is 10.8 Å². The Morgan fingerprint density at radius 1 is 1.35 bits per heavy atom. The second-order valence-corrected chi connectivity index (χ2v) is 4.63. The molecule has 1 aliphatic rings. The molecule has 3 nitrogen and oxygen atoms in total. The van der Waals surface area contributed by atoms with Crippen LogP contribution in [0, 0.1) is 0 Å². The summed E-state index contributed by atoms with van der Waals surface area (Å²) in [5.74, 6) is -0.139. The van der Waals surface area contributed by atoms with Gasteiger partial charge in [0.05, 0.1) is 0 Å². The Hall–Kier alpha value is -1.61. The van der Waals surface area contributed by atoms with Gasteiger partial charge in [-0.1, -0.05) is 35.9 Å². The van der Waals surface area contributed by atoms with Crippen molar-refractivity contribution in [3.63, 3.8) is 0 Å². The average molecular weight is 247 g/mol. The number of nitrogens with zero attached hydrogens (tertiary/aromatic N) is 1. The molecular weight excluding hydrogens is 236 g/mol. The highest BCUT2D eigenvalue weighted by Crippen LogP contribution is 2.23. The molecule has 1 heterocycles. The smallest absolute Gasteiger partial charge is 0.270 e. The summed E-state index contributed by atoms with van der Waals surface area (Å²) in [5.41, 5.74) is 0.389. The van der Waals surface area contributed by atoms with Gasteiger partial charge in [-0.15, -0.1) is 0 Å². The predicted octanol–water partition coefficient (Wildman–Crippen LogP) is 2.78. The molecule has 0 radical (unpaired) electrons. The lowest BCUT2D eigenvalue weighted by molar-refractivity contribution is 0.0946. The number of hydrogen-bond acceptors (Lipinski definition) is 2. The monoisotopic (exact) mass is 246 g/mol. The third-order valence-electron chi connectivity index (χ3n) is 2.84. The molecule has 1 fully saturated rings. The largest absolute Gasteiger partial charge is 0.348 e. The lowest BCUT2D eigenvalue weighted by Crippen LogP contribution is -2.26. The second-order valence-electron chi connectivity index (χ2n) is 4.27. The summed E-state index contributed by atoms with van der Waals surface area (Å²) < 4.78 is 0. The molecule has 1 amide bonds. The van der Waals surface area contributed by atoms with Crippen LogP contribution in [0.3, 0.4) is 0 Å². The molecule has 0 aliphatic heterocycles. The summed E-state index contributed by atoms with van der Waals surface area (Å²) in [6.07, 6.45) is 2.13. The molecule has 1 aliphatic carbocycles. The molecule has 4 heteroatoms. The van der Waals surface area contributed by atoms with Gasteiger partial charge in [0.2, 0.25) is 0 Å². The lowest BCUT2D eigenvalue weighted by Gasteiger charge is -2.05. The normalized spacial score (nSPS) is 14.9. The number of fused-ring (bicyclic) bond motifs is 1. The fraction of sp³-hybridized carbons (Fsp3) is 0.231. The quantitative estimate of drug-likeness (QED) is 0.828. The van der Waals surface area contributed by atoms with Crippen molar-refractivity contribution >= 4 is 28.3 Å². The highest BCUT2D eigenvalue weighted by molar-refractivity contribution is 6.34. The van der Waals surface area contributed by atoms with Crippen LogP contribution in [0.4, 0.5) is 0 Å². The van der Waals surface area contributed by atoms with E-state index >= 15 is 0 Å². The molecule has 0 bridgehead atoms. The van der Waals surface area contributed by atoms with Crippen LogP contribution in [-0.2, 0) is 0 Å². The maximum atomic E-state index is 11.9. The first-order valence-corrected chi connectivity index (χ1v) is 5.98. The maximum absolute atomic E-state index is 11.9. The van der Waals surface area contributed by atoms with E-state index in [9.17, 15) is 4.79 Å². The third-order valence-corrected chi connectivity index (χ3v) is 3.13. The molecule has 1 aromatic carbocycles. The summed E-state index contributed by atoms with van der Waals surface area (Å²) in [4.78, 5) is 16.0. The van der Waals surface area contributed by atoms with E-state index in [0.29, 0.717) is 16.9 Å².